The summed E-state index contributed by atoms with van der Waals surface area (Å²) in [6.45, 7) is 0.778. The summed E-state index contributed by atoms with van der Waals surface area (Å²) in [4.78, 5) is 12.9. The van der Waals surface area contributed by atoms with Crippen LogP contribution >= 0.6 is 0 Å². The van der Waals surface area contributed by atoms with Gasteiger partial charge in [-0.05, 0) is 31.8 Å². The number of hydrogen-bond donors (Lipinski definition) is 2. The molecule has 2 aromatic rings. The summed E-state index contributed by atoms with van der Waals surface area (Å²) in [5.74, 6) is -1.01. The molecule has 0 saturated heterocycles. The summed E-state index contributed by atoms with van der Waals surface area (Å²) in [5, 5.41) is 16.1. The van der Waals surface area contributed by atoms with Gasteiger partial charge in [0.1, 0.15) is 0 Å². The Morgan fingerprint density at radius 1 is 1.50 bits per heavy atom. The average Bonchev–Trinajstić information content (AvgIpc) is 2.59. The number of nitrogens with zero attached hydrogens (tertiary/aromatic N) is 2. The molecule has 1 heterocycles. The van der Waals surface area contributed by atoms with Crippen molar-refractivity contribution in [2.75, 3.05) is 14.1 Å². The molecule has 1 aromatic heterocycles. The second kappa shape index (κ2) is 3.94. The van der Waals surface area contributed by atoms with E-state index in [1.54, 1.807) is 0 Å². The predicted octanol–water partition coefficient (Wildman–Crippen LogP) is 1.32. The third-order valence-corrected chi connectivity index (χ3v) is 2.33. The van der Waals surface area contributed by atoms with Crippen molar-refractivity contribution in [2.24, 2.45) is 0 Å². The number of aromatic nitrogens is 2. The number of aromatic carboxylic acids is 1. The van der Waals surface area contributed by atoms with Crippen LogP contribution in [0.15, 0.2) is 18.2 Å². The van der Waals surface area contributed by atoms with E-state index in [9.17, 15) is 4.79 Å². The van der Waals surface area contributed by atoms with Gasteiger partial charge in [0.05, 0.1) is 5.52 Å². The second-order valence-electron chi connectivity index (χ2n) is 4.00. The number of fused-ring (bicyclic) bond motifs is 1. The lowest BCUT2D eigenvalue weighted by molar-refractivity contribution is 0.0692. The number of rotatable bonds is 3. The van der Waals surface area contributed by atoms with Crippen LogP contribution < -0.4 is 0 Å². The van der Waals surface area contributed by atoms with Gasteiger partial charge in [-0.15, -0.1) is 0 Å². The lowest BCUT2D eigenvalue weighted by Gasteiger charge is -2.09. The van der Waals surface area contributed by atoms with E-state index in [2.05, 4.69) is 10.2 Å². The highest BCUT2D eigenvalue weighted by Gasteiger charge is 2.12. The van der Waals surface area contributed by atoms with Crippen LogP contribution in [0.5, 0.6) is 0 Å². The zero-order chi connectivity index (χ0) is 11.7. The maximum atomic E-state index is 10.9. The van der Waals surface area contributed by atoms with E-state index in [1.165, 1.54) is 0 Å². The Bertz CT molecular complexity index is 531. The number of nitrogens with one attached hydrogen (secondary N) is 1. The first kappa shape index (κ1) is 10.6. The molecule has 0 bridgehead atoms. The Balaban J connectivity index is 2.50. The third kappa shape index (κ3) is 1.90. The largest absolute Gasteiger partial charge is 0.476 e. The molecular weight excluding hydrogens is 206 g/mol. The molecule has 0 amide bonds. The lowest BCUT2D eigenvalue weighted by atomic mass is 10.1. The monoisotopic (exact) mass is 219 g/mol. The molecule has 2 rings (SSSR count). The lowest BCUT2D eigenvalue weighted by Crippen LogP contribution is -2.10. The van der Waals surface area contributed by atoms with E-state index in [0.29, 0.717) is 5.39 Å². The summed E-state index contributed by atoms with van der Waals surface area (Å²) in [7, 11) is 3.94. The highest BCUT2D eigenvalue weighted by atomic mass is 16.4. The smallest absolute Gasteiger partial charge is 0.357 e. The molecule has 2 N–H and O–H groups in total. The van der Waals surface area contributed by atoms with Crippen molar-refractivity contribution in [3.05, 3.63) is 29.5 Å². The summed E-state index contributed by atoms with van der Waals surface area (Å²) in [6.07, 6.45) is 0. The molecule has 0 spiro atoms. The zero-order valence-corrected chi connectivity index (χ0v) is 9.19. The first-order valence-corrected chi connectivity index (χ1v) is 4.93. The van der Waals surface area contributed by atoms with Gasteiger partial charge in [0.2, 0.25) is 0 Å². The Hall–Kier alpha value is -1.88. The number of carbonyl (C=O) groups is 1. The van der Waals surface area contributed by atoms with Gasteiger partial charge in [0.15, 0.2) is 5.69 Å². The molecule has 0 atom stereocenters. The molecule has 0 saturated carbocycles. The summed E-state index contributed by atoms with van der Waals surface area (Å²) >= 11 is 0. The number of aromatic amines is 1. The minimum atomic E-state index is -1.01. The maximum Gasteiger partial charge on any atom is 0.357 e. The molecule has 84 valence electrons. The van der Waals surface area contributed by atoms with E-state index in [-0.39, 0.29) is 5.69 Å². The van der Waals surface area contributed by atoms with Gasteiger partial charge in [0, 0.05) is 11.9 Å². The molecule has 5 nitrogen and oxygen atoms in total. The third-order valence-electron chi connectivity index (χ3n) is 2.33. The summed E-state index contributed by atoms with van der Waals surface area (Å²) < 4.78 is 0. The maximum absolute atomic E-state index is 10.9. The van der Waals surface area contributed by atoms with Gasteiger partial charge in [0.25, 0.3) is 0 Å². The number of carboxylic acids is 1. The van der Waals surface area contributed by atoms with Crippen LogP contribution in [0.3, 0.4) is 0 Å². The Morgan fingerprint density at radius 2 is 2.25 bits per heavy atom. The number of hydrogen-bond acceptors (Lipinski definition) is 3. The molecule has 0 aliphatic heterocycles. The van der Waals surface area contributed by atoms with Crippen molar-refractivity contribution in [3.8, 4) is 0 Å². The van der Waals surface area contributed by atoms with E-state index < -0.39 is 5.97 Å². The number of H-pyrrole nitrogens is 1. The summed E-state index contributed by atoms with van der Waals surface area (Å²) in [5.41, 5.74) is 1.90. The highest BCUT2D eigenvalue weighted by Crippen LogP contribution is 2.18. The molecule has 0 radical (unpaired) electrons. The van der Waals surface area contributed by atoms with Crippen molar-refractivity contribution < 1.29 is 9.90 Å². The van der Waals surface area contributed by atoms with Gasteiger partial charge in [-0.2, -0.15) is 5.10 Å². The van der Waals surface area contributed by atoms with Crippen LogP contribution in [-0.2, 0) is 6.54 Å². The minimum Gasteiger partial charge on any atom is -0.476 e. The molecule has 0 fully saturated rings. The fourth-order valence-electron chi connectivity index (χ4n) is 1.69. The van der Waals surface area contributed by atoms with E-state index in [0.717, 1.165) is 17.6 Å². The van der Waals surface area contributed by atoms with E-state index in [4.69, 9.17) is 5.11 Å². The van der Waals surface area contributed by atoms with Crippen LogP contribution in [0.2, 0.25) is 0 Å². The van der Waals surface area contributed by atoms with E-state index in [1.807, 2.05) is 37.2 Å². The Morgan fingerprint density at radius 3 is 2.88 bits per heavy atom. The summed E-state index contributed by atoms with van der Waals surface area (Å²) in [6, 6.07) is 5.68. The molecule has 0 unspecified atom stereocenters. The Labute approximate surface area is 92.7 Å². The fourth-order valence-corrected chi connectivity index (χ4v) is 1.69. The first-order chi connectivity index (χ1) is 7.58. The average molecular weight is 219 g/mol. The quantitative estimate of drug-likeness (QED) is 0.817. The van der Waals surface area contributed by atoms with Crippen molar-refractivity contribution in [3.63, 3.8) is 0 Å². The molecule has 0 aliphatic carbocycles. The van der Waals surface area contributed by atoms with Gasteiger partial charge in [-0.1, -0.05) is 6.07 Å². The van der Waals surface area contributed by atoms with Crippen LogP contribution in [-0.4, -0.2) is 40.3 Å². The van der Waals surface area contributed by atoms with Crippen LogP contribution in [0.25, 0.3) is 10.9 Å². The molecule has 1 aromatic carbocycles. The van der Waals surface area contributed by atoms with Crippen molar-refractivity contribution in [1.82, 2.24) is 15.1 Å². The molecular formula is C11H13N3O2. The second-order valence-corrected chi connectivity index (χ2v) is 4.00. The normalized spacial score (nSPS) is 11.2. The SMILES string of the molecule is CN(C)Cc1ccc2[nH]nc(C(=O)O)c2c1. The van der Waals surface area contributed by atoms with E-state index >= 15 is 0 Å². The minimum absolute atomic E-state index is 0.0793. The fraction of sp³-hybridized carbons (Fsp3) is 0.273. The number of benzene rings is 1. The van der Waals surface area contributed by atoms with Crippen LogP contribution in [0.4, 0.5) is 0 Å². The van der Waals surface area contributed by atoms with Crippen LogP contribution in [0.1, 0.15) is 16.1 Å². The first-order valence-electron chi connectivity index (χ1n) is 4.93. The topological polar surface area (TPSA) is 69.2 Å². The predicted molar refractivity (Wildman–Crippen MR) is 60.4 cm³/mol. The molecule has 16 heavy (non-hydrogen) atoms. The van der Waals surface area contributed by atoms with Gasteiger partial charge in [-0.25, -0.2) is 4.79 Å². The van der Waals surface area contributed by atoms with Crippen LogP contribution in [0, 0.1) is 0 Å². The number of carboxylic acid groups (broad SMARTS) is 1. The highest BCUT2D eigenvalue weighted by molar-refractivity contribution is 6.01. The van der Waals surface area contributed by atoms with Crippen molar-refractivity contribution >= 4 is 16.9 Å². The van der Waals surface area contributed by atoms with Crippen molar-refractivity contribution in [2.45, 2.75) is 6.54 Å². The standard InChI is InChI=1S/C11H13N3O2/c1-14(2)6-7-3-4-9-8(5-7)10(11(15)16)13-12-9/h3-5H,6H2,1-2H3,(H,12,13)(H,15,16). The molecule has 5 heteroatoms. The van der Waals surface area contributed by atoms with Crippen molar-refractivity contribution in [1.29, 1.82) is 0 Å². The van der Waals surface area contributed by atoms with Gasteiger partial charge < -0.3 is 10.0 Å². The van der Waals surface area contributed by atoms with Gasteiger partial charge >= 0.3 is 5.97 Å². The zero-order valence-electron chi connectivity index (χ0n) is 9.19. The van der Waals surface area contributed by atoms with Gasteiger partial charge in [-0.3, -0.25) is 5.10 Å². The molecule has 0 aliphatic rings. The Kier molecular flexibility index (Phi) is 2.62.